The number of nitrogens with zero attached hydrogens (tertiary/aromatic N) is 2. The molecule has 6 heteroatoms. The van der Waals surface area contributed by atoms with Crippen LogP contribution in [0, 0.1) is 0 Å². The number of hydrogen-bond donors (Lipinski definition) is 1. The highest BCUT2D eigenvalue weighted by Crippen LogP contribution is 2.42. The third-order valence-electron chi connectivity index (χ3n) is 5.53. The number of rotatable bonds is 6. The average Bonchev–Trinajstić information content (AvgIpc) is 3.09. The molecule has 1 unspecified atom stereocenters. The number of hydrogen-bond acceptors (Lipinski definition) is 4. The molecule has 0 bridgehead atoms. The fourth-order valence-corrected chi connectivity index (χ4v) is 5.17. The van der Waals surface area contributed by atoms with Crippen molar-refractivity contribution in [3.8, 4) is 0 Å². The lowest BCUT2D eigenvalue weighted by Gasteiger charge is -2.25. The smallest absolute Gasteiger partial charge is 0.255 e. The standard InChI is InChI=1S/C26H21N3O2S/c30-24(28-23-14-5-6-15-27-23)17-32-26-22-13-4-3-12-21(22)25(31)29(26)16-19-10-7-9-18-8-1-2-11-20(18)19/h1-15,26H,16-17H2,(H,27,28,30). The van der Waals surface area contributed by atoms with E-state index in [-0.39, 0.29) is 22.9 Å². The van der Waals surface area contributed by atoms with Gasteiger partial charge in [0.1, 0.15) is 11.2 Å². The Morgan fingerprint density at radius 1 is 0.938 bits per heavy atom. The van der Waals surface area contributed by atoms with Crippen LogP contribution in [0.25, 0.3) is 10.8 Å². The van der Waals surface area contributed by atoms with Crippen LogP contribution in [0.2, 0.25) is 0 Å². The lowest BCUT2D eigenvalue weighted by Crippen LogP contribution is -2.27. The van der Waals surface area contributed by atoms with Gasteiger partial charge in [-0.3, -0.25) is 9.59 Å². The van der Waals surface area contributed by atoms with E-state index in [1.165, 1.54) is 11.8 Å². The molecule has 2 amide bonds. The number of amides is 2. The number of aromatic nitrogens is 1. The highest BCUT2D eigenvalue weighted by molar-refractivity contribution is 8.00. The molecule has 1 aromatic heterocycles. The maximum Gasteiger partial charge on any atom is 0.255 e. The van der Waals surface area contributed by atoms with Crippen molar-refractivity contribution in [2.45, 2.75) is 11.9 Å². The molecule has 32 heavy (non-hydrogen) atoms. The molecule has 0 radical (unpaired) electrons. The summed E-state index contributed by atoms with van der Waals surface area (Å²) in [5.41, 5.74) is 2.75. The van der Waals surface area contributed by atoms with Crippen LogP contribution in [0.1, 0.15) is 26.9 Å². The molecule has 158 valence electrons. The molecule has 5 nitrogen and oxygen atoms in total. The summed E-state index contributed by atoms with van der Waals surface area (Å²) in [4.78, 5) is 31.8. The molecule has 4 aromatic rings. The average molecular weight is 440 g/mol. The van der Waals surface area contributed by atoms with Crippen molar-refractivity contribution >= 4 is 40.2 Å². The molecule has 0 spiro atoms. The van der Waals surface area contributed by atoms with Crippen molar-refractivity contribution in [1.82, 2.24) is 9.88 Å². The van der Waals surface area contributed by atoms with Gasteiger partial charge in [0.15, 0.2) is 0 Å². The summed E-state index contributed by atoms with van der Waals surface area (Å²) in [5, 5.41) is 4.87. The molecular weight excluding hydrogens is 418 g/mol. The summed E-state index contributed by atoms with van der Waals surface area (Å²) in [6.45, 7) is 0.481. The van der Waals surface area contributed by atoms with Crippen molar-refractivity contribution in [3.05, 3.63) is 108 Å². The molecule has 0 aliphatic carbocycles. The van der Waals surface area contributed by atoms with Crippen LogP contribution in [-0.4, -0.2) is 27.5 Å². The summed E-state index contributed by atoms with van der Waals surface area (Å²) in [5.74, 6) is 0.593. The molecular formula is C26H21N3O2S. The maximum atomic E-state index is 13.3. The van der Waals surface area contributed by atoms with Crippen molar-refractivity contribution in [3.63, 3.8) is 0 Å². The van der Waals surface area contributed by atoms with Gasteiger partial charge in [0.2, 0.25) is 5.91 Å². The van der Waals surface area contributed by atoms with Gasteiger partial charge in [-0.2, -0.15) is 0 Å². The van der Waals surface area contributed by atoms with E-state index in [9.17, 15) is 9.59 Å². The van der Waals surface area contributed by atoms with Crippen molar-refractivity contribution in [2.24, 2.45) is 0 Å². The molecule has 2 heterocycles. The van der Waals surface area contributed by atoms with Crippen LogP contribution in [0.15, 0.2) is 91.1 Å². The Bertz CT molecular complexity index is 1290. The first-order chi connectivity index (χ1) is 15.7. The Morgan fingerprint density at radius 3 is 2.59 bits per heavy atom. The Morgan fingerprint density at radius 2 is 1.72 bits per heavy atom. The lowest BCUT2D eigenvalue weighted by atomic mass is 10.0. The van der Waals surface area contributed by atoms with Gasteiger partial charge in [0.25, 0.3) is 5.91 Å². The summed E-state index contributed by atoms with van der Waals surface area (Å²) < 4.78 is 0. The molecule has 0 saturated carbocycles. The van der Waals surface area contributed by atoms with E-state index in [1.807, 2.05) is 53.4 Å². The van der Waals surface area contributed by atoms with Crippen molar-refractivity contribution in [2.75, 3.05) is 11.1 Å². The highest BCUT2D eigenvalue weighted by Gasteiger charge is 2.37. The predicted octanol–water partition coefficient (Wildman–Crippen LogP) is 5.26. The van der Waals surface area contributed by atoms with Crippen LogP contribution in [0.3, 0.4) is 0 Å². The second-order valence-corrected chi connectivity index (χ2v) is 8.65. The Labute approximate surface area is 190 Å². The zero-order valence-corrected chi connectivity index (χ0v) is 18.1. The number of anilines is 1. The SMILES string of the molecule is O=C(CSC1c2ccccc2C(=O)N1Cc1cccc2ccccc12)Nc1ccccn1. The number of nitrogens with one attached hydrogen (secondary N) is 1. The van der Waals surface area contributed by atoms with Crippen LogP contribution >= 0.6 is 11.8 Å². The van der Waals surface area contributed by atoms with E-state index < -0.39 is 0 Å². The molecule has 1 atom stereocenters. The van der Waals surface area contributed by atoms with E-state index in [4.69, 9.17) is 0 Å². The van der Waals surface area contributed by atoms with E-state index in [0.29, 0.717) is 17.9 Å². The summed E-state index contributed by atoms with van der Waals surface area (Å²) >= 11 is 1.46. The second-order valence-electron chi connectivity index (χ2n) is 7.59. The van der Waals surface area contributed by atoms with Crippen LogP contribution in [0.5, 0.6) is 0 Å². The lowest BCUT2D eigenvalue weighted by molar-refractivity contribution is -0.113. The van der Waals surface area contributed by atoms with Crippen LogP contribution in [-0.2, 0) is 11.3 Å². The van der Waals surface area contributed by atoms with Crippen molar-refractivity contribution < 1.29 is 9.59 Å². The van der Waals surface area contributed by atoms with Gasteiger partial charge >= 0.3 is 0 Å². The van der Waals surface area contributed by atoms with Gasteiger partial charge in [-0.15, -0.1) is 11.8 Å². The van der Waals surface area contributed by atoms with Crippen LogP contribution < -0.4 is 5.32 Å². The zero-order valence-electron chi connectivity index (χ0n) is 17.3. The molecule has 5 rings (SSSR count). The summed E-state index contributed by atoms with van der Waals surface area (Å²) in [6.07, 6.45) is 1.64. The van der Waals surface area contributed by atoms with Gasteiger partial charge in [-0.25, -0.2) is 4.98 Å². The third kappa shape index (κ3) is 3.97. The summed E-state index contributed by atoms with van der Waals surface area (Å²) in [7, 11) is 0. The van der Waals surface area contributed by atoms with Gasteiger partial charge in [0, 0.05) is 18.3 Å². The molecule has 1 N–H and O–H groups in total. The van der Waals surface area contributed by atoms with Crippen LogP contribution in [0.4, 0.5) is 5.82 Å². The minimum atomic E-state index is -0.229. The summed E-state index contributed by atoms with van der Waals surface area (Å²) in [6, 6.07) is 27.4. The van der Waals surface area contributed by atoms with Gasteiger partial charge < -0.3 is 10.2 Å². The maximum absolute atomic E-state index is 13.3. The number of carbonyl (C=O) groups excluding carboxylic acids is 2. The first-order valence-corrected chi connectivity index (χ1v) is 11.4. The van der Waals surface area contributed by atoms with Crippen molar-refractivity contribution in [1.29, 1.82) is 0 Å². The molecule has 0 fully saturated rings. The number of benzene rings is 3. The number of fused-ring (bicyclic) bond motifs is 2. The number of thioether (sulfide) groups is 1. The van der Waals surface area contributed by atoms with E-state index >= 15 is 0 Å². The fourth-order valence-electron chi connectivity index (χ4n) is 4.05. The number of carbonyl (C=O) groups is 2. The Kier molecular flexibility index (Phi) is 5.60. The zero-order chi connectivity index (χ0) is 21.9. The second kappa shape index (κ2) is 8.85. The first-order valence-electron chi connectivity index (χ1n) is 10.4. The van der Waals surface area contributed by atoms with E-state index in [1.54, 1.807) is 18.3 Å². The molecule has 1 aliphatic heterocycles. The van der Waals surface area contributed by atoms with E-state index in [2.05, 4.69) is 34.6 Å². The third-order valence-corrected chi connectivity index (χ3v) is 6.78. The monoisotopic (exact) mass is 439 g/mol. The minimum absolute atomic E-state index is 0.00355. The topological polar surface area (TPSA) is 62.3 Å². The van der Waals surface area contributed by atoms with Gasteiger partial charge in [-0.1, -0.05) is 66.7 Å². The Hall–Kier alpha value is -3.64. The predicted molar refractivity (Wildman–Crippen MR) is 128 cm³/mol. The van der Waals surface area contributed by atoms with Gasteiger partial charge in [0.05, 0.1) is 5.75 Å². The largest absolute Gasteiger partial charge is 0.318 e. The molecule has 1 aliphatic rings. The Balaban J connectivity index is 1.39. The molecule has 3 aromatic carbocycles. The first kappa shape index (κ1) is 20.3. The number of pyridine rings is 1. The minimum Gasteiger partial charge on any atom is -0.318 e. The van der Waals surface area contributed by atoms with E-state index in [0.717, 1.165) is 21.9 Å². The fraction of sp³-hybridized carbons (Fsp3) is 0.115. The quantitative estimate of drug-likeness (QED) is 0.445. The highest BCUT2D eigenvalue weighted by atomic mass is 32.2. The normalized spacial score (nSPS) is 15.1. The molecule has 0 saturated heterocycles. The van der Waals surface area contributed by atoms with Gasteiger partial charge in [-0.05, 0) is 40.1 Å².